The fourth-order valence-corrected chi connectivity index (χ4v) is 8.05. The smallest absolute Gasteiger partial charge is 0.164 e. The Hall–Kier alpha value is -1.67. The fourth-order valence-electron chi connectivity index (χ4n) is 8.05. The van der Waals surface area contributed by atoms with Crippen molar-refractivity contribution in [2.75, 3.05) is 0 Å². The molecule has 6 rings (SSSR count). The van der Waals surface area contributed by atoms with Gasteiger partial charge in [-0.05, 0) is 78.9 Å². The van der Waals surface area contributed by atoms with Crippen LogP contribution in [0.2, 0.25) is 0 Å². The molecule has 1 spiro atoms. The molecule has 3 fully saturated rings. The number of hydrogen-bond donors (Lipinski definition) is 1. The van der Waals surface area contributed by atoms with Crippen molar-refractivity contribution in [3.63, 3.8) is 0 Å². The molecular formula is C27H34O2. The molecule has 0 aliphatic heterocycles. The molecule has 1 aromatic rings. The van der Waals surface area contributed by atoms with E-state index in [4.69, 9.17) is 0 Å². The lowest BCUT2D eigenvalue weighted by Crippen LogP contribution is -2.64. The van der Waals surface area contributed by atoms with Crippen LogP contribution in [0.4, 0.5) is 0 Å². The largest absolute Gasteiger partial charge is 0.390 e. The Bertz CT molecular complexity index is 906. The van der Waals surface area contributed by atoms with Gasteiger partial charge in [-0.25, -0.2) is 0 Å². The molecule has 5 aliphatic rings. The van der Waals surface area contributed by atoms with Crippen molar-refractivity contribution < 1.29 is 9.90 Å². The van der Waals surface area contributed by atoms with Gasteiger partial charge in [-0.2, -0.15) is 0 Å². The average Bonchev–Trinajstić information content (AvgIpc) is 2.66. The molecule has 2 heteroatoms. The predicted molar refractivity (Wildman–Crippen MR) is 117 cm³/mol. The fraction of sp³-hybridized carbons (Fsp3) is 0.593. The summed E-state index contributed by atoms with van der Waals surface area (Å²) in [7, 11) is 0. The minimum absolute atomic E-state index is 0.0930. The maximum Gasteiger partial charge on any atom is 0.164 e. The Morgan fingerprint density at radius 3 is 2.48 bits per heavy atom. The van der Waals surface area contributed by atoms with Crippen molar-refractivity contribution in [2.24, 2.45) is 34.0 Å². The lowest BCUT2D eigenvalue weighted by Gasteiger charge is -2.67. The Balaban J connectivity index is 1.59. The zero-order chi connectivity index (χ0) is 20.7. The van der Waals surface area contributed by atoms with E-state index in [-0.39, 0.29) is 22.2 Å². The van der Waals surface area contributed by atoms with Crippen LogP contribution in [0.25, 0.3) is 6.08 Å². The van der Waals surface area contributed by atoms with Crippen LogP contribution >= 0.6 is 0 Å². The zero-order valence-corrected chi connectivity index (χ0v) is 18.2. The third-order valence-electron chi connectivity index (χ3n) is 9.28. The van der Waals surface area contributed by atoms with Gasteiger partial charge in [0.25, 0.3) is 0 Å². The number of Topliss-reactive ketones (excluding diaryl/α,β-unsaturated/α-hetero) is 1. The summed E-state index contributed by atoms with van der Waals surface area (Å²) in [5.74, 6) is 1.52. The quantitative estimate of drug-likeness (QED) is 0.485. The molecule has 3 saturated carbocycles. The van der Waals surface area contributed by atoms with Crippen LogP contribution in [0.1, 0.15) is 65.4 Å². The minimum atomic E-state index is -0.586. The second kappa shape index (κ2) is 5.94. The second-order valence-corrected chi connectivity index (χ2v) is 11.4. The molecule has 1 N–H and O–H groups in total. The molecular weight excluding hydrogens is 356 g/mol. The molecule has 0 aromatic heterocycles. The lowest BCUT2D eigenvalue weighted by atomic mass is 9.37. The third-order valence-corrected chi connectivity index (χ3v) is 9.28. The highest BCUT2D eigenvalue weighted by atomic mass is 16.3. The lowest BCUT2D eigenvalue weighted by molar-refractivity contribution is -0.182. The molecule has 6 atom stereocenters. The molecule has 2 nitrogen and oxygen atoms in total. The Kier molecular flexibility index (Phi) is 3.95. The number of carbonyl (C=O) groups is 1. The molecule has 1 aromatic carbocycles. The summed E-state index contributed by atoms with van der Waals surface area (Å²) in [5, 5.41) is 11.1. The van der Waals surface area contributed by atoms with Gasteiger partial charge in [0.1, 0.15) is 0 Å². The summed E-state index contributed by atoms with van der Waals surface area (Å²) in [6.07, 6.45) is 11.9. The van der Waals surface area contributed by atoms with Crippen LogP contribution in [0.15, 0.2) is 48.1 Å². The summed E-state index contributed by atoms with van der Waals surface area (Å²) in [6.45, 7) is 8.85. The number of rotatable bonds is 1. The zero-order valence-electron chi connectivity index (χ0n) is 18.2. The first kappa shape index (κ1) is 19.3. The minimum Gasteiger partial charge on any atom is -0.390 e. The highest BCUT2D eigenvalue weighted by Gasteiger charge is 2.66. The Morgan fingerprint density at radius 1 is 1.07 bits per heavy atom. The topological polar surface area (TPSA) is 37.3 Å². The highest BCUT2D eigenvalue weighted by molar-refractivity contribution is 6.04. The molecule has 0 saturated heterocycles. The van der Waals surface area contributed by atoms with Gasteiger partial charge in [0, 0.05) is 11.3 Å². The maximum absolute atomic E-state index is 13.5. The monoisotopic (exact) mass is 390 g/mol. The van der Waals surface area contributed by atoms with E-state index in [1.807, 2.05) is 25.1 Å². The van der Waals surface area contributed by atoms with Crippen LogP contribution < -0.4 is 0 Å². The third kappa shape index (κ3) is 2.61. The first-order valence-corrected chi connectivity index (χ1v) is 11.3. The maximum atomic E-state index is 13.5. The summed E-state index contributed by atoms with van der Waals surface area (Å²) >= 11 is 0. The molecule has 29 heavy (non-hydrogen) atoms. The normalized spacial score (nSPS) is 46.4. The van der Waals surface area contributed by atoms with Gasteiger partial charge in [0.15, 0.2) is 5.78 Å². The van der Waals surface area contributed by atoms with E-state index in [0.29, 0.717) is 17.6 Å². The number of carbonyl (C=O) groups excluding carboxylic acids is 1. The molecule has 6 unspecified atom stereocenters. The first-order valence-electron chi connectivity index (χ1n) is 11.3. The summed E-state index contributed by atoms with van der Waals surface area (Å²) in [4.78, 5) is 13.5. The van der Waals surface area contributed by atoms with Gasteiger partial charge in [0.05, 0.1) is 5.60 Å². The van der Waals surface area contributed by atoms with E-state index in [9.17, 15) is 9.90 Å². The SMILES string of the molecule is CC1(O)CC23C=CC1CC2C1(C)CC(=Cc2ccccc2)C(=O)C(C)(C)C1CC3. The van der Waals surface area contributed by atoms with Crippen LogP contribution in [0.3, 0.4) is 0 Å². The van der Waals surface area contributed by atoms with E-state index in [0.717, 1.165) is 43.2 Å². The van der Waals surface area contributed by atoms with Gasteiger partial charge in [-0.1, -0.05) is 63.3 Å². The van der Waals surface area contributed by atoms with Crippen molar-refractivity contribution in [3.8, 4) is 0 Å². The van der Waals surface area contributed by atoms with Crippen LogP contribution in [-0.4, -0.2) is 16.5 Å². The van der Waals surface area contributed by atoms with Crippen molar-refractivity contribution in [3.05, 3.63) is 53.6 Å². The number of hydrogen-bond acceptors (Lipinski definition) is 2. The van der Waals surface area contributed by atoms with Crippen LogP contribution in [0.5, 0.6) is 0 Å². The van der Waals surface area contributed by atoms with E-state index in [1.54, 1.807) is 0 Å². The van der Waals surface area contributed by atoms with Crippen molar-refractivity contribution in [2.45, 2.75) is 65.4 Å². The second-order valence-electron chi connectivity index (χ2n) is 11.4. The van der Waals surface area contributed by atoms with E-state index >= 15 is 0 Å². The van der Waals surface area contributed by atoms with Gasteiger partial charge in [0.2, 0.25) is 0 Å². The number of fused-ring (bicyclic) bond motifs is 2. The molecule has 2 bridgehead atoms. The van der Waals surface area contributed by atoms with E-state index in [2.05, 4.69) is 51.1 Å². The Morgan fingerprint density at radius 2 is 1.79 bits per heavy atom. The van der Waals surface area contributed by atoms with Gasteiger partial charge in [-0.3, -0.25) is 4.79 Å². The van der Waals surface area contributed by atoms with Crippen LogP contribution in [0, 0.1) is 34.0 Å². The van der Waals surface area contributed by atoms with E-state index < -0.39 is 5.60 Å². The van der Waals surface area contributed by atoms with Gasteiger partial charge < -0.3 is 5.11 Å². The van der Waals surface area contributed by atoms with E-state index in [1.165, 1.54) is 0 Å². The highest BCUT2D eigenvalue weighted by Crippen LogP contribution is 2.71. The van der Waals surface area contributed by atoms with Gasteiger partial charge >= 0.3 is 0 Å². The molecule has 0 heterocycles. The van der Waals surface area contributed by atoms with Gasteiger partial charge in [-0.15, -0.1) is 0 Å². The molecule has 5 aliphatic carbocycles. The van der Waals surface area contributed by atoms with Crippen molar-refractivity contribution in [1.29, 1.82) is 0 Å². The van der Waals surface area contributed by atoms with Crippen molar-refractivity contribution >= 4 is 11.9 Å². The first-order chi connectivity index (χ1) is 13.6. The molecule has 0 amide bonds. The number of benzene rings is 1. The standard InChI is InChI=1S/C27H34O2/c1-24(2)21-11-13-27-12-10-20(26(4,29)17-27)15-22(27)25(21,3)16-19(23(24)28)14-18-8-6-5-7-9-18/h5-10,12,14,20-22,29H,11,13,15-17H2,1-4H3. The van der Waals surface area contributed by atoms with Crippen LogP contribution in [-0.2, 0) is 4.79 Å². The van der Waals surface area contributed by atoms with Crippen molar-refractivity contribution in [1.82, 2.24) is 0 Å². The molecule has 0 radical (unpaired) electrons. The number of allylic oxidation sites excluding steroid dienone is 2. The summed E-state index contributed by atoms with van der Waals surface area (Å²) in [5.41, 5.74) is 1.38. The average molecular weight is 391 g/mol. The summed E-state index contributed by atoms with van der Waals surface area (Å²) in [6, 6.07) is 10.3. The Labute approximate surface area is 175 Å². The number of ketones is 1. The predicted octanol–water partition coefficient (Wildman–Crippen LogP) is 5.82. The molecule has 154 valence electrons. The summed E-state index contributed by atoms with van der Waals surface area (Å²) < 4.78 is 0. The number of aliphatic hydroxyl groups is 1.